The summed E-state index contributed by atoms with van der Waals surface area (Å²) in [5.74, 6) is -0.356. The Labute approximate surface area is 176 Å². The van der Waals surface area contributed by atoms with Gasteiger partial charge in [0.2, 0.25) is 5.91 Å². The zero-order valence-electron chi connectivity index (χ0n) is 16.9. The third kappa shape index (κ3) is 2.91. The second-order valence-corrected chi connectivity index (χ2v) is 8.73. The number of nitrogens with zero attached hydrogens (tertiary/aromatic N) is 5. The number of pyridine rings is 1. The van der Waals surface area contributed by atoms with Crippen molar-refractivity contribution in [2.24, 2.45) is 0 Å². The number of imide groups is 1. The number of rotatable bonds is 3. The summed E-state index contributed by atoms with van der Waals surface area (Å²) in [6.07, 6.45) is 3.49. The van der Waals surface area contributed by atoms with Gasteiger partial charge >= 0.3 is 0 Å². The van der Waals surface area contributed by atoms with Gasteiger partial charge in [-0.3, -0.25) is 14.5 Å². The highest BCUT2D eigenvalue weighted by Crippen LogP contribution is 2.38. The smallest absolute Gasteiger partial charge is 0.289 e. The number of carbonyl (C=O) groups is 2. The van der Waals surface area contributed by atoms with Gasteiger partial charge in [-0.05, 0) is 24.5 Å². The predicted octanol–water partition coefficient (Wildman–Crippen LogP) is 2.34. The van der Waals surface area contributed by atoms with Crippen LogP contribution in [0, 0.1) is 6.92 Å². The molecular weight excluding hydrogens is 402 g/mol. The van der Waals surface area contributed by atoms with Gasteiger partial charge < -0.3 is 10.3 Å². The van der Waals surface area contributed by atoms with Gasteiger partial charge in [-0.2, -0.15) is 5.10 Å². The first-order valence-corrected chi connectivity index (χ1v) is 10.6. The fourth-order valence-corrected chi connectivity index (χ4v) is 4.87. The zero-order valence-corrected chi connectivity index (χ0v) is 17.7. The molecule has 1 saturated heterocycles. The molecule has 5 heterocycles. The first kappa shape index (κ1) is 18.9. The van der Waals surface area contributed by atoms with Crippen molar-refractivity contribution >= 4 is 39.1 Å². The van der Waals surface area contributed by atoms with Crippen LogP contribution in [0.5, 0.6) is 0 Å². The molecule has 1 aliphatic rings. The SMILES string of the molecule is Cc1cc(-c2[nH]c3sc(C(=O)N4CCNCC4=O)nc3c2C(C)C)cn2ncnc12. The van der Waals surface area contributed by atoms with E-state index >= 15 is 0 Å². The van der Waals surface area contributed by atoms with Crippen molar-refractivity contribution in [1.82, 2.24) is 34.8 Å². The standard InChI is InChI=1S/C20H21N7O2S/c1-10(2)14-15(12-6-11(3)17-22-9-23-27(17)8-12)24-18-16(14)25-19(30-18)20(29)26-5-4-21-7-13(26)28/h6,8-10,21,24H,4-5,7H2,1-3H3. The number of nitrogens with one attached hydrogen (secondary N) is 2. The normalized spacial score (nSPS) is 15.1. The lowest BCUT2D eigenvalue weighted by molar-refractivity contribution is -0.129. The molecule has 9 nitrogen and oxygen atoms in total. The Bertz CT molecular complexity index is 1300. The number of thiazole rings is 1. The number of H-pyrrole nitrogens is 1. The zero-order chi connectivity index (χ0) is 21.0. The Morgan fingerprint density at radius 2 is 2.17 bits per heavy atom. The minimum Gasteiger partial charge on any atom is -0.345 e. The van der Waals surface area contributed by atoms with Gasteiger partial charge in [0.1, 0.15) is 16.7 Å². The summed E-state index contributed by atoms with van der Waals surface area (Å²) in [5.41, 5.74) is 5.64. The third-order valence-electron chi connectivity index (χ3n) is 5.33. The average molecular weight is 424 g/mol. The van der Waals surface area contributed by atoms with Crippen LogP contribution in [0.4, 0.5) is 0 Å². The minimum absolute atomic E-state index is 0.181. The summed E-state index contributed by atoms with van der Waals surface area (Å²) in [4.78, 5) is 39.5. The molecule has 0 aliphatic carbocycles. The molecule has 1 fully saturated rings. The summed E-state index contributed by atoms with van der Waals surface area (Å²) >= 11 is 1.29. The number of hydrogen-bond acceptors (Lipinski definition) is 7. The van der Waals surface area contributed by atoms with Crippen molar-refractivity contribution in [1.29, 1.82) is 0 Å². The van der Waals surface area contributed by atoms with Crippen LogP contribution >= 0.6 is 11.3 Å². The molecule has 0 saturated carbocycles. The van der Waals surface area contributed by atoms with E-state index in [0.29, 0.717) is 18.1 Å². The van der Waals surface area contributed by atoms with E-state index in [4.69, 9.17) is 0 Å². The molecule has 0 aromatic carbocycles. The second-order valence-electron chi connectivity index (χ2n) is 7.73. The first-order chi connectivity index (χ1) is 14.4. The maximum atomic E-state index is 12.9. The van der Waals surface area contributed by atoms with E-state index in [1.54, 1.807) is 10.8 Å². The second kappa shape index (κ2) is 6.99. The topological polar surface area (TPSA) is 108 Å². The Morgan fingerprint density at radius 3 is 2.93 bits per heavy atom. The molecule has 0 unspecified atom stereocenters. The van der Waals surface area contributed by atoms with Crippen LogP contribution in [0.2, 0.25) is 0 Å². The van der Waals surface area contributed by atoms with Crippen molar-refractivity contribution in [3.05, 3.63) is 34.7 Å². The number of fused-ring (bicyclic) bond motifs is 2. The molecule has 5 rings (SSSR count). The fraction of sp³-hybridized carbons (Fsp3) is 0.350. The number of aryl methyl sites for hydroxylation is 1. The van der Waals surface area contributed by atoms with Gasteiger partial charge in [0.05, 0.1) is 12.2 Å². The number of piperazine rings is 1. The highest BCUT2D eigenvalue weighted by Gasteiger charge is 2.29. The van der Waals surface area contributed by atoms with Crippen molar-refractivity contribution in [2.75, 3.05) is 19.6 Å². The average Bonchev–Trinajstić information content (AvgIpc) is 3.41. The lowest BCUT2D eigenvalue weighted by atomic mass is 9.99. The van der Waals surface area contributed by atoms with Crippen LogP contribution in [0.25, 0.3) is 27.3 Å². The maximum Gasteiger partial charge on any atom is 0.289 e. The molecular formula is C20H21N7O2S. The van der Waals surface area contributed by atoms with Gasteiger partial charge in [0, 0.05) is 30.4 Å². The molecule has 1 aliphatic heterocycles. The van der Waals surface area contributed by atoms with E-state index in [0.717, 1.165) is 38.4 Å². The lowest BCUT2D eigenvalue weighted by Gasteiger charge is -2.24. The molecule has 0 bridgehead atoms. The summed E-state index contributed by atoms with van der Waals surface area (Å²) in [6.45, 7) is 7.37. The van der Waals surface area contributed by atoms with Crippen LogP contribution < -0.4 is 5.32 Å². The van der Waals surface area contributed by atoms with Crippen molar-refractivity contribution in [3.8, 4) is 11.3 Å². The molecule has 154 valence electrons. The van der Waals surface area contributed by atoms with Crippen molar-refractivity contribution in [3.63, 3.8) is 0 Å². The fourth-order valence-electron chi connectivity index (χ4n) is 3.93. The Kier molecular flexibility index (Phi) is 4.40. The molecule has 0 atom stereocenters. The van der Waals surface area contributed by atoms with E-state index < -0.39 is 0 Å². The van der Waals surface area contributed by atoms with E-state index in [9.17, 15) is 9.59 Å². The van der Waals surface area contributed by atoms with E-state index in [1.165, 1.54) is 16.2 Å². The minimum atomic E-state index is -0.327. The highest BCUT2D eigenvalue weighted by atomic mass is 32.1. The summed E-state index contributed by atoms with van der Waals surface area (Å²) < 4.78 is 1.77. The summed E-state index contributed by atoms with van der Waals surface area (Å²) in [5, 5.41) is 7.58. The van der Waals surface area contributed by atoms with Crippen molar-refractivity contribution in [2.45, 2.75) is 26.7 Å². The van der Waals surface area contributed by atoms with Gasteiger partial charge in [-0.15, -0.1) is 0 Å². The highest BCUT2D eigenvalue weighted by molar-refractivity contribution is 7.20. The number of amides is 2. The van der Waals surface area contributed by atoms with Gasteiger partial charge in [-0.25, -0.2) is 14.5 Å². The quantitative estimate of drug-likeness (QED) is 0.490. The van der Waals surface area contributed by atoms with Crippen LogP contribution in [-0.2, 0) is 4.79 Å². The maximum absolute atomic E-state index is 12.9. The molecule has 2 N–H and O–H groups in total. The van der Waals surface area contributed by atoms with Gasteiger partial charge in [-0.1, -0.05) is 25.2 Å². The molecule has 0 spiro atoms. The molecule has 0 radical (unpaired) electrons. The van der Waals surface area contributed by atoms with Crippen LogP contribution in [0.3, 0.4) is 0 Å². The van der Waals surface area contributed by atoms with E-state index in [2.05, 4.69) is 45.3 Å². The largest absolute Gasteiger partial charge is 0.345 e. The number of carbonyl (C=O) groups excluding carboxylic acids is 2. The molecule has 4 aromatic rings. The van der Waals surface area contributed by atoms with Crippen LogP contribution in [0.1, 0.15) is 40.7 Å². The molecule has 10 heteroatoms. The van der Waals surface area contributed by atoms with Crippen LogP contribution in [0.15, 0.2) is 18.6 Å². The number of aromatic amines is 1. The van der Waals surface area contributed by atoms with Gasteiger partial charge in [0.25, 0.3) is 5.91 Å². The Balaban J connectivity index is 1.60. The number of hydrogen-bond donors (Lipinski definition) is 2. The monoisotopic (exact) mass is 423 g/mol. The third-order valence-corrected chi connectivity index (χ3v) is 6.29. The first-order valence-electron chi connectivity index (χ1n) is 9.82. The van der Waals surface area contributed by atoms with Gasteiger partial charge in [0.15, 0.2) is 10.7 Å². The number of aromatic nitrogens is 5. The molecule has 4 aromatic heterocycles. The van der Waals surface area contributed by atoms with E-state index in [1.807, 2.05) is 13.1 Å². The summed E-state index contributed by atoms with van der Waals surface area (Å²) in [7, 11) is 0. The van der Waals surface area contributed by atoms with Crippen LogP contribution in [-0.4, -0.2) is 60.9 Å². The van der Waals surface area contributed by atoms with E-state index in [-0.39, 0.29) is 24.3 Å². The Hall–Kier alpha value is -3.11. The van der Waals surface area contributed by atoms with Crippen molar-refractivity contribution < 1.29 is 9.59 Å². The molecule has 30 heavy (non-hydrogen) atoms. The Morgan fingerprint density at radius 1 is 1.33 bits per heavy atom. The summed E-state index contributed by atoms with van der Waals surface area (Å²) in [6, 6.07) is 2.08. The molecule has 2 amide bonds. The predicted molar refractivity (Wildman–Crippen MR) is 114 cm³/mol. The lowest BCUT2D eigenvalue weighted by Crippen LogP contribution is -2.50.